The smallest absolute Gasteiger partial charge is 0.223 e. The van der Waals surface area contributed by atoms with Crippen LogP contribution in [0.2, 0.25) is 0 Å². The van der Waals surface area contributed by atoms with Crippen molar-refractivity contribution in [1.29, 1.82) is 0 Å². The average molecular weight is 251 g/mol. The zero-order valence-electron chi connectivity index (χ0n) is 12.2. The summed E-state index contributed by atoms with van der Waals surface area (Å²) in [5, 5.41) is 0. The molecule has 0 unspecified atom stereocenters. The van der Waals surface area contributed by atoms with Crippen LogP contribution in [0.1, 0.15) is 71.1 Å². The molecule has 0 saturated heterocycles. The first-order valence-corrected chi connectivity index (χ1v) is 7.39. The Balaban J connectivity index is 3.25. The number of hydrogen-bond donors (Lipinski definition) is 0. The van der Waals surface area contributed by atoms with Gasteiger partial charge in [0.05, 0.1) is 6.54 Å². The van der Waals surface area contributed by atoms with Crippen molar-refractivity contribution in [1.82, 2.24) is 4.90 Å². The molecular formula is C16H29NO. The van der Waals surface area contributed by atoms with Crippen LogP contribution in [0, 0.1) is 12.3 Å². The second-order valence-electron chi connectivity index (χ2n) is 5.03. The van der Waals surface area contributed by atoms with E-state index < -0.39 is 0 Å². The van der Waals surface area contributed by atoms with Gasteiger partial charge in [0.2, 0.25) is 5.91 Å². The first-order chi connectivity index (χ1) is 8.72. The lowest BCUT2D eigenvalue weighted by Crippen LogP contribution is -2.26. The molecule has 0 atom stereocenters. The lowest BCUT2D eigenvalue weighted by molar-refractivity contribution is -0.129. The highest BCUT2D eigenvalue weighted by molar-refractivity contribution is 5.76. The number of nitrogens with zero attached hydrogens (tertiary/aromatic N) is 1. The van der Waals surface area contributed by atoms with Gasteiger partial charge in [-0.2, -0.15) is 0 Å². The molecule has 0 aromatic heterocycles. The van der Waals surface area contributed by atoms with Crippen LogP contribution < -0.4 is 0 Å². The minimum absolute atomic E-state index is 0.177. The quantitative estimate of drug-likeness (QED) is 0.401. The fourth-order valence-corrected chi connectivity index (χ4v) is 2.00. The molecule has 0 aliphatic rings. The highest BCUT2D eigenvalue weighted by Gasteiger charge is 2.05. The highest BCUT2D eigenvalue weighted by atomic mass is 16.2. The SMILES string of the molecule is C#CCN(C)C(=O)CCCCCCCCCCC. The summed E-state index contributed by atoms with van der Waals surface area (Å²) in [6.07, 6.45) is 17.4. The maximum absolute atomic E-state index is 11.6. The molecule has 0 N–H and O–H groups in total. The number of carbonyl (C=O) groups excluding carboxylic acids is 1. The summed E-state index contributed by atoms with van der Waals surface area (Å²) in [4.78, 5) is 13.2. The Labute approximate surface area is 113 Å². The first-order valence-electron chi connectivity index (χ1n) is 7.39. The zero-order valence-corrected chi connectivity index (χ0v) is 12.2. The Hall–Kier alpha value is -0.970. The second-order valence-corrected chi connectivity index (χ2v) is 5.03. The fourth-order valence-electron chi connectivity index (χ4n) is 2.00. The number of terminal acetylenes is 1. The van der Waals surface area contributed by atoms with Gasteiger partial charge < -0.3 is 4.90 Å². The average Bonchev–Trinajstić information content (AvgIpc) is 2.36. The first kappa shape index (κ1) is 17.0. The minimum atomic E-state index is 0.177. The van der Waals surface area contributed by atoms with Gasteiger partial charge in [0.15, 0.2) is 0 Å². The van der Waals surface area contributed by atoms with E-state index in [4.69, 9.17) is 6.42 Å². The van der Waals surface area contributed by atoms with Crippen molar-refractivity contribution >= 4 is 5.91 Å². The van der Waals surface area contributed by atoms with E-state index in [1.807, 2.05) is 0 Å². The number of hydrogen-bond acceptors (Lipinski definition) is 1. The van der Waals surface area contributed by atoms with Crippen LogP contribution in [0.15, 0.2) is 0 Å². The normalized spacial score (nSPS) is 10.1. The third-order valence-electron chi connectivity index (χ3n) is 3.25. The van der Waals surface area contributed by atoms with Crippen molar-refractivity contribution in [3.05, 3.63) is 0 Å². The predicted octanol–water partition coefficient (Wildman–Crippen LogP) is 4.00. The second kappa shape index (κ2) is 12.5. The van der Waals surface area contributed by atoms with Gasteiger partial charge in [-0.1, -0.05) is 64.2 Å². The van der Waals surface area contributed by atoms with Crippen molar-refractivity contribution in [2.45, 2.75) is 71.1 Å². The molecule has 0 radical (unpaired) electrons. The standard InChI is InChI=1S/C16H29NO/c1-4-6-7-8-9-10-11-12-13-14-16(18)17(3)15-5-2/h2H,4,6-15H2,1,3H3. The molecule has 0 saturated carbocycles. The van der Waals surface area contributed by atoms with E-state index in [1.54, 1.807) is 11.9 Å². The highest BCUT2D eigenvalue weighted by Crippen LogP contribution is 2.10. The van der Waals surface area contributed by atoms with E-state index in [1.165, 1.54) is 51.4 Å². The summed E-state index contributed by atoms with van der Waals surface area (Å²) >= 11 is 0. The Kier molecular flexibility index (Phi) is 11.8. The Bertz CT molecular complexity index is 242. The monoisotopic (exact) mass is 251 g/mol. The summed E-state index contributed by atoms with van der Waals surface area (Å²) in [7, 11) is 1.77. The van der Waals surface area contributed by atoms with E-state index in [0.29, 0.717) is 13.0 Å². The summed E-state index contributed by atoms with van der Waals surface area (Å²) in [6.45, 7) is 2.67. The van der Waals surface area contributed by atoms with Crippen molar-refractivity contribution in [3.8, 4) is 12.3 Å². The van der Waals surface area contributed by atoms with Crippen molar-refractivity contribution in [2.24, 2.45) is 0 Å². The summed E-state index contributed by atoms with van der Waals surface area (Å²) in [6, 6.07) is 0. The van der Waals surface area contributed by atoms with Crippen LogP contribution in [0.3, 0.4) is 0 Å². The van der Waals surface area contributed by atoms with E-state index >= 15 is 0 Å². The van der Waals surface area contributed by atoms with E-state index in [0.717, 1.165) is 6.42 Å². The molecule has 0 aliphatic heterocycles. The lowest BCUT2D eigenvalue weighted by atomic mass is 10.1. The molecular weight excluding hydrogens is 222 g/mol. The Morgan fingerprint density at radius 2 is 1.50 bits per heavy atom. The molecule has 0 aromatic carbocycles. The van der Waals surface area contributed by atoms with Crippen LogP contribution >= 0.6 is 0 Å². The summed E-state index contributed by atoms with van der Waals surface area (Å²) in [5.41, 5.74) is 0. The van der Waals surface area contributed by atoms with Crippen LogP contribution in [-0.4, -0.2) is 24.4 Å². The molecule has 0 aliphatic carbocycles. The van der Waals surface area contributed by atoms with Crippen LogP contribution in [0.4, 0.5) is 0 Å². The van der Waals surface area contributed by atoms with Crippen molar-refractivity contribution in [3.63, 3.8) is 0 Å². The molecule has 1 amide bonds. The molecule has 0 aromatic rings. The number of unbranched alkanes of at least 4 members (excludes halogenated alkanes) is 8. The molecule has 2 nitrogen and oxygen atoms in total. The van der Waals surface area contributed by atoms with Gasteiger partial charge in [-0.3, -0.25) is 4.79 Å². The van der Waals surface area contributed by atoms with Gasteiger partial charge in [-0.15, -0.1) is 6.42 Å². The molecule has 18 heavy (non-hydrogen) atoms. The minimum Gasteiger partial charge on any atom is -0.335 e. The molecule has 2 heteroatoms. The summed E-state index contributed by atoms with van der Waals surface area (Å²) < 4.78 is 0. The fraction of sp³-hybridized carbons (Fsp3) is 0.812. The third-order valence-corrected chi connectivity index (χ3v) is 3.25. The van der Waals surface area contributed by atoms with Gasteiger partial charge in [0, 0.05) is 13.5 Å². The largest absolute Gasteiger partial charge is 0.335 e. The van der Waals surface area contributed by atoms with Gasteiger partial charge in [-0.25, -0.2) is 0 Å². The molecule has 0 bridgehead atoms. The Morgan fingerprint density at radius 1 is 1.00 bits per heavy atom. The van der Waals surface area contributed by atoms with Gasteiger partial charge in [0.25, 0.3) is 0 Å². The topological polar surface area (TPSA) is 20.3 Å². The molecule has 104 valence electrons. The van der Waals surface area contributed by atoms with Gasteiger partial charge in [0.1, 0.15) is 0 Å². The van der Waals surface area contributed by atoms with E-state index in [9.17, 15) is 4.79 Å². The molecule has 0 heterocycles. The van der Waals surface area contributed by atoms with Gasteiger partial charge >= 0.3 is 0 Å². The number of amides is 1. The van der Waals surface area contributed by atoms with Crippen LogP contribution in [0.5, 0.6) is 0 Å². The van der Waals surface area contributed by atoms with E-state index in [2.05, 4.69) is 12.8 Å². The van der Waals surface area contributed by atoms with Gasteiger partial charge in [-0.05, 0) is 6.42 Å². The van der Waals surface area contributed by atoms with Crippen molar-refractivity contribution in [2.75, 3.05) is 13.6 Å². The maximum atomic E-state index is 11.6. The number of rotatable bonds is 11. The molecule has 0 fully saturated rings. The zero-order chi connectivity index (χ0) is 13.6. The summed E-state index contributed by atoms with van der Waals surface area (Å²) in [5.74, 6) is 2.67. The Morgan fingerprint density at radius 3 is 2.00 bits per heavy atom. The third kappa shape index (κ3) is 10.2. The number of carbonyl (C=O) groups is 1. The molecule has 0 rings (SSSR count). The lowest BCUT2D eigenvalue weighted by Gasteiger charge is -2.13. The van der Waals surface area contributed by atoms with Crippen molar-refractivity contribution < 1.29 is 4.79 Å². The van der Waals surface area contributed by atoms with Crippen LogP contribution in [-0.2, 0) is 4.79 Å². The maximum Gasteiger partial charge on any atom is 0.223 e. The molecule has 0 spiro atoms. The van der Waals surface area contributed by atoms with Crippen LogP contribution in [0.25, 0.3) is 0 Å². The van der Waals surface area contributed by atoms with E-state index in [-0.39, 0.29) is 5.91 Å². The predicted molar refractivity (Wildman–Crippen MR) is 78.3 cm³/mol.